The van der Waals surface area contributed by atoms with Gasteiger partial charge in [-0.25, -0.2) is 0 Å². The van der Waals surface area contributed by atoms with Crippen LogP contribution in [0.5, 0.6) is 0 Å². The highest BCUT2D eigenvalue weighted by molar-refractivity contribution is 4.91. The summed E-state index contributed by atoms with van der Waals surface area (Å²) in [4.78, 5) is 5.14. The maximum Gasteiger partial charge on any atom is 0.0277 e. The number of piperazine rings is 1. The molecule has 1 saturated heterocycles. The molecule has 3 nitrogen and oxygen atoms in total. The third kappa shape index (κ3) is 5.05. The first-order valence-corrected chi connectivity index (χ1v) is 7.73. The Morgan fingerprint density at radius 2 is 1.74 bits per heavy atom. The fraction of sp³-hybridized carbons (Fsp3) is 1.00. The van der Waals surface area contributed by atoms with Gasteiger partial charge in [-0.1, -0.05) is 6.92 Å². The molecule has 0 aromatic rings. The van der Waals surface area contributed by atoms with E-state index in [-0.39, 0.29) is 5.54 Å². The van der Waals surface area contributed by atoms with Gasteiger partial charge in [0.2, 0.25) is 0 Å². The van der Waals surface area contributed by atoms with Crippen molar-refractivity contribution in [2.24, 2.45) is 5.92 Å². The zero-order valence-corrected chi connectivity index (χ0v) is 14.4. The molecule has 19 heavy (non-hydrogen) atoms. The number of rotatable bonds is 4. The number of hydrogen-bond acceptors (Lipinski definition) is 3. The molecule has 1 N–H and O–H groups in total. The first-order chi connectivity index (χ1) is 8.53. The van der Waals surface area contributed by atoms with E-state index in [0.717, 1.165) is 6.54 Å². The summed E-state index contributed by atoms with van der Waals surface area (Å²) in [6.07, 6.45) is 0. The summed E-state index contributed by atoms with van der Waals surface area (Å²) in [5.41, 5.74) is 0.513. The van der Waals surface area contributed by atoms with Crippen molar-refractivity contribution in [1.82, 2.24) is 15.1 Å². The third-order valence-corrected chi connectivity index (χ3v) is 4.70. The van der Waals surface area contributed by atoms with Crippen molar-refractivity contribution >= 4 is 0 Å². The normalized spacial score (nSPS) is 25.3. The first kappa shape index (κ1) is 16.9. The standard InChI is InChI=1S/C16H35N3/c1-13(11-17-15(3,4)5)14(2)19-10-9-18(8)16(6,7)12-19/h13-14,17H,9-12H2,1-8H3. The van der Waals surface area contributed by atoms with Gasteiger partial charge in [-0.05, 0) is 61.1 Å². The van der Waals surface area contributed by atoms with Crippen LogP contribution in [0.3, 0.4) is 0 Å². The van der Waals surface area contributed by atoms with Crippen LogP contribution in [0.1, 0.15) is 48.5 Å². The lowest BCUT2D eigenvalue weighted by Gasteiger charge is -2.48. The van der Waals surface area contributed by atoms with Crippen LogP contribution in [0.2, 0.25) is 0 Å². The van der Waals surface area contributed by atoms with Gasteiger partial charge >= 0.3 is 0 Å². The molecular weight excluding hydrogens is 234 g/mol. The predicted octanol–water partition coefficient (Wildman–Crippen LogP) is 2.43. The number of hydrogen-bond donors (Lipinski definition) is 1. The average Bonchev–Trinajstić information content (AvgIpc) is 2.27. The van der Waals surface area contributed by atoms with Crippen LogP contribution in [0, 0.1) is 5.92 Å². The Labute approximate surface area is 120 Å². The smallest absolute Gasteiger partial charge is 0.0277 e. The molecule has 1 aliphatic heterocycles. The lowest BCUT2D eigenvalue weighted by molar-refractivity contribution is 0.00807. The van der Waals surface area contributed by atoms with Crippen LogP contribution in [0.4, 0.5) is 0 Å². The second-order valence-corrected chi connectivity index (χ2v) is 8.05. The highest BCUT2D eigenvalue weighted by Gasteiger charge is 2.34. The lowest BCUT2D eigenvalue weighted by Crippen LogP contribution is -2.60. The van der Waals surface area contributed by atoms with Gasteiger partial charge in [-0.3, -0.25) is 9.80 Å². The second kappa shape index (κ2) is 6.11. The summed E-state index contributed by atoms with van der Waals surface area (Å²) in [5, 5.41) is 3.63. The van der Waals surface area contributed by atoms with Gasteiger partial charge in [0.05, 0.1) is 0 Å². The van der Waals surface area contributed by atoms with Gasteiger partial charge in [-0.2, -0.15) is 0 Å². The van der Waals surface area contributed by atoms with Gasteiger partial charge < -0.3 is 5.32 Å². The monoisotopic (exact) mass is 269 g/mol. The molecule has 2 atom stereocenters. The molecule has 0 saturated carbocycles. The molecule has 3 heteroatoms. The Morgan fingerprint density at radius 1 is 1.16 bits per heavy atom. The summed E-state index contributed by atoms with van der Waals surface area (Å²) in [6, 6.07) is 0.642. The zero-order chi connectivity index (χ0) is 14.8. The summed E-state index contributed by atoms with van der Waals surface area (Å²) in [5.74, 6) is 0.679. The van der Waals surface area contributed by atoms with Crippen molar-refractivity contribution in [2.75, 3.05) is 33.2 Å². The Balaban J connectivity index is 2.51. The molecule has 1 fully saturated rings. The van der Waals surface area contributed by atoms with Crippen LogP contribution in [0.15, 0.2) is 0 Å². The largest absolute Gasteiger partial charge is 0.312 e. The Hall–Kier alpha value is -0.120. The molecule has 0 aliphatic carbocycles. The van der Waals surface area contributed by atoms with E-state index in [1.807, 2.05) is 0 Å². The number of nitrogens with one attached hydrogen (secondary N) is 1. The predicted molar refractivity (Wildman–Crippen MR) is 84.7 cm³/mol. The highest BCUT2D eigenvalue weighted by atomic mass is 15.3. The minimum Gasteiger partial charge on any atom is -0.312 e. The fourth-order valence-corrected chi connectivity index (χ4v) is 2.62. The molecule has 1 aliphatic rings. The molecule has 0 aromatic carbocycles. The molecule has 0 bridgehead atoms. The minimum atomic E-state index is 0.218. The zero-order valence-electron chi connectivity index (χ0n) is 14.4. The Bertz CT molecular complexity index is 280. The van der Waals surface area contributed by atoms with Crippen LogP contribution in [-0.4, -0.2) is 60.1 Å². The molecule has 114 valence electrons. The minimum absolute atomic E-state index is 0.218. The second-order valence-electron chi connectivity index (χ2n) is 8.05. The number of likely N-dealkylation sites (N-methyl/N-ethyl adjacent to an activating group) is 1. The van der Waals surface area contributed by atoms with Crippen LogP contribution >= 0.6 is 0 Å². The fourth-order valence-electron chi connectivity index (χ4n) is 2.62. The first-order valence-electron chi connectivity index (χ1n) is 7.73. The molecule has 0 amide bonds. The van der Waals surface area contributed by atoms with Gasteiger partial charge in [-0.15, -0.1) is 0 Å². The molecular formula is C16H35N3. The quantitative estimate of drug-likeness (QED) is 0.845. The van der Waals surface area contributed by atoms with Gasteiger partial charge in [0.1, 0.15) is 0 Å². The van der Waals surface area contributed by atoms with Crippen molar-refractivity contribution in [2.45, 2.75) is 65.6 Å². The maximum atomic E-state index is 3.63. The molecule has 2 unspecified atom stereocenters. The molecule has 0 spiro atoms. The lowest BCUT2D eigenvalue weighted by atomic mass is 9.94. The molecule has 1 heterocycles. The van der Waals surface area contributed by atoms with Crippen LogP contribution < -0.4 is 5.32 Å². The van der Waals surface area contributed by atoms with Crippen LogP contribution in [-0.2, 0) is 0 Å². The molecule has 0 radical (unpaired) electrons. The summed E-state index contributed by atoms with van der Waals surface area (Å²) in [7, 11) is 2.24. The van der Waals surface area contributed by atoms with Crippen molar-refractivity contribution < 1.29 is 0 Å². The summed E-state index contributed by atoms with van der Waals surface area (Å²) < 4.78 is 0. The summed E-state index contributed by atoms with van der Waals surface area (Å²) in [6.45, 7) is 20.8. The van der Waals surface area contributed by atoms with Crippen molar-refractivity contribution in [3.8, 4) is 0 Å². The van der Waals surface area contributed by atoms with Crippen molar-refractivity contribution in [1.29, 1.82) is 0 Å². The van der Waals surface area contributed by atoms with Gasteiger partial charge in [0.15, 0.2) is 0 Å². The average molecular weight is 269 g/mol. The van der Waals surface area contributed by atoms with Crippen LogP contribution in [0.25, 0.3) is 0 Å². The van der Waals surface area contributed by atoms with E-state index in [4.69, 9.17) is 0 Å². The SMILES string of the molecule is CC(CNC(C)(C)C)C(C)N1CCN(C)C(C)(C)C1. The molecule has 0 aromatic heterocycles. The van der Waals surface area contributed by atoms with Crippen molar-refractivity contribution in [3.63, 3.8) is 0 Å². The van der Waals surface area contributed by atoms with E-state index in [0.29, 0.717) is 17.5 Å². The van der Waals surface area contributed by atoms with E-state index in [1.165, 1.54) is 19.6 Å². The van der Waals surface area contributed by atoms with E-state index in [1.54, 1.807) is 0 Å². The third-order valence-electron chi connectivity index (χ3n) is 4.70. The Kier molecular flexibility index (Phi) is 5.44. The maximum absolute atomic E-state index is 3.63. The van der Waals surface area contributed by atoms with Crippen molar-refractivity contribution in [3.05, 3.63) is 0 Å². The van der Waals surface area contributed by atoms with Gasteiger partial charge in [0.25, 0.3) is 0 Å². The topological polar surface area (TPSA) is 18.5 Å². The highest BCUT2D eigenvalue weighted by Crippen LogP contribution is 2.23. The van der Waals surface area contributed by atoms with E-state index in [9.17, 15) is 0 Å². The summed E-state index contributed by atoms with van der Waals surface area (Å²) >= 11 is 0. The Morgan fingerprint density at radius 3 is 2.21 bits per heavy atom. The van der Waals surface area contributed by atoms with E-state index < -0.39 is 0 Å². The van der Waals surface area contributed by atoms with Gasteiger partial charge in [0, 0.05) is 36.8 Å². The molecule has 1 rings (SSSR count). The van der Waals surface area contributed by atoms with E-state index >= 15 is 0 Å². The van der Waals surface area contributed by atoms with E-state index in [2.05, 4.69) is 70.6 Å². The number of nitrogens with zero attached hydrogens (tertiary/aromatic N) is 2.